The van der Waals surface area contributed by atoms with Gasteiger partial charge in [-0.15, -0.1) is 0 Å². The van der Waals surface area contributed by atoms with E-state index in [1.54, 1.807) is 4.31 Å². The monoisotopic (exact) mass is 330 g/mol. The Bertz CT molecular complexity index is 456. The Balaban J connectivity index is 1.59. The van der Waals surface area contributed by atoms with Gasteiger partial charge in [-0.1, -0.05) is 26.2 Å². The lowest BCUT2D eigenvalue weighted by Crippen LogP contribution is -2.47. The smallest absolute Gasteiger partial charge is 0.214 e. The lowest BCUT2D eigenvalue weighted by atomic mass is 9.91. The Hall–Kier alpha value is -0.170. The van der Waals surface area contributed by atoms with Crippen LogP contribution in [0.25, 0.3) is 0 Å². The molecule has 3 fully saturated rings. The van der Waals surface area contributed by atoms with Gasteiger partial charge in [0, 0.05) is 32.2 Å². The van der Waals surface area contributed by atoms with Crippen LogP contribution in [0.5, 0.6) is 0 Å². The van der Waals surface area contributed by atoms with E-state index in [0.29, 0.717) is 36.7 Å². The minimum atomic E-state index is -3.09. The van der Waals surface area contributed by atoms with Crippen molar-refractivity contribution in [2.75, 3.05) is 45.1 Å². The van der Waals surface area contributed by atoms with Crippen LogP contribution in [0.15, 0.2) is 0 Å². The third-order valence-corrected chi connectivity index (χ3v) is 7.60. The maximum absolute atomic E-state index is 12.8. The Morgan fingerprint density at radius 3 is 2.41 bits per heavy atom. The standard InChI is InChI=1S/C16H30N2O3S/c1-14-11-18(12-16(14)17-7-9-21-10-8-17)22(19,20)13-15-5-3-2-4-6-15/h14-16H,2-13H2,1H3/t14-,16+/m1/s1. The van der Waals surface area contributed by atoms with Crippen LogP contribution in [0.2, 0.25) is 0 Å². The molecule has 2 aliphatic heterocycles. The van der Waals surface area contributed by atoms with Crippen molar-refractivity contribution in [1.82, 2.24) is 9.21 Å². The van der Waals surface area contributed by atoms with E-state index in [2.05, 4.69) is 11.8 Å². The molecule has 1 aliphatic carbocycles. The van der Waals surface area contributed by atoms with E-state index in [4.69, 9.17) is 4.74 Å². The molecule has 0 amide bonds. The first-order valence-electron chi connectivity index (χ1n) is 8.86. The second kappa shape index (κ2) is 7.16. The molecule has 6 heteroatoms. The normalized spacial score (nSPS) is 33.3. The number of ether oxygens (including phenoxy) is 1. The first-order chi connectivity index (χ1) is 10.6. The zero-order chi connectivity index (χ0) is 15.6. The minimum Gasteiger partial charge on any atom is -0.379 e. The van der Waals surface area contributed by atoms with E-state index < -0.39 is 10.0 Å². The summed E-state index contributed by atoms with van der Waals surface area (Å²) in [4.78, 5) is 2.42. The largest absolute Gasteiger partial charge is 0.379 e. The van der Waals surface area contributed by atoms with Gasteiger partial charge in [-0.05, 0) is 24.7 Å². The average Bonchev–Trinajstić information content (AvgIpc) is 2.92. The van der Waals surface area contributed by atoms with E-state index >= 15 is 0 Å². The van der Waals surface area contributed by atoms with Crippen LogP contribution < -0.4 is 0 Å². The molecular weight excluding hydrogens is 300 g/mol. The van der Waals surface area contributed by atoms with Crippen molar-refractivity contribution in [2.45, 2.75) is 45.1 Å². The number of rotatable bonds is 4. The zero-order valence-electron chi connectivity index (χ0n) is 13.7. The number of sulfonamides is 1. The van der Waals surface area contributed by atoms with Crippen molar-refractivity contribution in [3.8, 4) is 0 Å². The van der Waals surface area contributed by atoms with Crippen molar-refractivity contribution in [1.29, 1.82) is 0 Å². The van der Waals surface area contributed by atoms with Crippen LogP contribution in [-0.4, -0.2) is 68.8 Å². The summed E-state index contributed by atoms with van der Waals surface area (Å²) in [6, 6.07) is 0.366. The molecule has 2 saturated heterocycles. The van der Waals surface area contributed by atoms with Crippen molar-refractivity contribution < 1.29 is 13.2 Å². The van der Waals surface area contributed by atoms with Crippen molar-refractivity contribution in [3.05, 3.63) is 0 Å². The highest BCUT2D eigenvalue weighted by Gasteiger charge is 2.40. The van der Waals surface area contributed by atoms with Gasteiger partial charge in [0.1, 0.15) is 0 Å². The molecule has 2 heterocycles. The first kappa shape index (κ1) is 16.7. The highest BCUT2D eigenvalue weighted by molar-refractivity contribution is 7.89. The van der Waals surface area contributed by atoms with Crippen LogP contribution in [0, 0.1) is 11.8 Å². The van der Waals surface area contributed by atoms with Gasteiger partial charge < -0.3 is 4.74 Å². The SMILES string of the molecule is C[C@@H]1CN(S(=O)(=O)CC2CCCCC2)C[C@@H]1N1CCOCC1. The van der Waals surface area contributed by atoms with Gasteiger partial charge in [0.2, 0.25) is 10.0 Å². The van der Waals surface area contributed by atoms with E-state index in [1.165, 1.54) is 19.3 Å². The topological polar surface area (TPSA) is 49.9 Å². The van der Waals surface area contributed by atoms with Gasteiger partial charge in [0.15, 0.2) is 0 Å². The highest BCUT2D eigenvalue weighted by atomic mass is 32.2. The Labute approximate surface area is 135 Å². The van der Waals surface area contributed by atoms with E-state index in [1.807, 2.05) is 0 Å². The van der Waals surface area contributed by atoms with Crippen molar-refractivity contribution in [3.63, 3.8) is 0 Å². The van der Waals surface area contributed by atoms with Crippen molar-refractivity contribution in [2.24, 2.45) is 11.8 Å². The summed E-state index contributed by atoms with van der Waals surface area (Å²) >= 11 is 0. The molecule has 0 unspecified atom stereocenters. The van der Waals surface area contributed by atoms with Gasteiger partial charge >= 0.3 is 0 Å². The summed E-state index contributed by atoms with van der Waals surface area (Å²) in [6.07, 6.45) is 5.86. The molecule has 0 aromatic carbocycles. The molecule has 3 aliphatic rings. The molecule has 0 aromatic rings. The van der Waals surface area contributed by atoms with Crippen molar-refractivity contribution >= 4 is 10.0 Å². The fourth-order valence-corrected chi connectivity index (χ4v) is 6.26. The third-order valence-electron chi connectivity index (χ3n) is 5.62. The molecule has 0 radical (unpaired) electrons. The zero-order valence-corrected chi connectivity index (χ0v) is 14.6. The molecule has 1 saturated carbocycles. The Morgan fingerprint density at radius 2 is 1.73 bits per heavy atom. The molecular formula is C16H30N2O3S. The lowest BCUT2D eigenvalue weighted by molar-refractivity contribution is 0.0126. The lowest BCUT2D eigenvalue weighted by Gasteiger charge is -2.34. The summed E-state index contributed by atoms with van der Waals surface area (Å²) in [5.74, 6) is 1.17. The summed E-state index contributed by atoms with van der Waals surface area (Å²) in [6.45, 7) is 6.98. The number of morpholine rings is 1. The predicted octanol–water partition coefficient (Wildman–Crippen LogP) is 1.55. The molecule has 22 heavy (non-hydrogen) atoms. The average molecular weight is 330 g/mol. The molecule has 0 N–H and O–H groups in total. The molecule has 5 nitrogen and oxygen atoms in total. The number of nitrogens with zero attached hydrogens (tertiary/aromatic N) is 2. The van der Waals surface area contributed by atoms with Gasteiger partial charge in [-0.2, -0.15) is 0 Å². The third kappa shape index (κ3) is 3.83. The number of hydrogen-bond donors (Lipinski definition) is 0. The fraction of sp³-hybridized carbons (Fsp3) is 1.00. The maximum Gasteiger partial charge on any atom is 0.214 e. The van der Waals surface area contributed by atoms with Crippen LogP contribution in [0.3, 0.4) is 0 Å². The summed E-state index contributed by atoms with van der Waals surface area (Å²) < 4.78 is 32.7. The first-order valence-corrected chi connectivity index (χ1v) is 10.5. The second-order valence-electron chi connectivity index (χ2n) is 7.29. The predicted molar refractivity (Wildman–Crippen MR) is 87.3 cm³/mol. The van der Waals surface area contributed by atoms with Gasteiger partial charge in [0.25, 0.3) is 0 Å². The Morgan fingerprint density at radius 1 is 1.05 bits per heavy atom. The van der Waals surface area contributed by atoms with Crippen LogP contribution in [-0.2, 0) is 14.8 Å². The molecule has 128 valence electrons. The van der Waals surface area contributed by atoms with Crippen LogP contribution in [0.4, 0.5) is 0 Å². The minimum absolute atomic E-state index is 0.366. The van der Waals surface area contributed by atoms with Gasteiger partial charge in [-0.25, -0.2) is 12.7 Å². The fourth-order valence-electron chi connectivity index (χ4n) is 4.27. The van der Waals surface area contributed by atoms with Crippen LogP contribution in [0.1, 0.15) is 39.0 Å². The van der Waals surface area contributed by atoms with Gasteiger partial charge in [-0.3, -0.25) is 4.90 Å². The quantitative estimate of drug-likeness (QED) is 0.785. The Kier molecular flexibility index (Phi) is 5.43. The van der Waals surface area contributed by atoms with Crippen LogP contribution >= 0.6 is 0 Å². The number of hydrogen-bond acceptors (Lipinski definition) is 4. The van der Waals surface area contributed by atoms with E-state index in [0.717, 1.165) is 39.1 Å². The maximum atomic E-state index is 12.8. The highest BCUT2D eigenvalue weighted by Crippen LogP contribution is 2.29. The molecule has 0 spiro atoms. The molecule has 2 atom stereocenters. The van der Waals surface area contributed by atoms with E-state index in [-0.39, 0.29) is 0 Å². The molecule has 0 bridgehead atoms. The van der Waals surface area contributed by atoms with E-state index in [9.17, 15) is 8.42 Å². The summed E-state index contributed by atoms with van der Waals surface area (Å²) in [5, 5.41) is 0. The summed E-state index contributed by atoms with van der Waals surface area (Å²) in [7, 11) is -3.09. The van der Waals surface area contributed by atoms with Gasteiger partial charge in [0.05, 0.1) is 19.0 Å². The second-order valence-corrected chi connectivity index (χ2v) is 9.31. The summed E-state index contributed by atoms with van der Waals surface area (Å²) in [5.41, 5.74) is 0. The molecule has 3 rings (SSSR count). The molecule has 0 aromatic heterocycles.